The molecule has 1 saturated heterocycles. The van der Waals surface area contributed by atoms with Crippen LogP contribution in [0.2, 0.25) is 0 Å². The van der Waals surface area contributed by atoms with Crippen molar-refractivity contribution in [3.05, 3.63) is 23.4 Å². The van der Waals surface area contributed by atoms with Crippen molar-refractivity contribution in [2.24, 2.45) is 23.2 Å². The molecule has 3 aliphatic rings. The van der Waals surface area contributed by atoms with Crippen LogP contribution in [0.25, 0.3) is 0 Å². The summed E-state index contributed by atoms with van der Waals surface area (Å²) in [4.78, 5) is 25.1. The molecule has 0 saturated carbocycles. The molecule has 1 heterocycles. The van der Waals surface area contributed by atoms with E-state index in [1.54, 1.807) is 24.1 Å². The zero-order valence-electron chi connectivity index (χ0n) is 13.6. The summed E-state index contributed by atoms with van der Waals surface area (Å²) in [5.74, 6) is -5.41. The Morgan fingerprint density at radius 1 is 1.33 bits per heavy atom. The number of hydrogen-bond donors (Lipinski definition) is 1. The van der Waals surface area contributed by atoms with E-state index in [2.05, 4.69) is 0 Å². The average molecular weight is 343 g/mol. The number of aliphatic carboxylic acids is 1. The van der Waals surface area contributed by atoms with Gasteiger partial charge in [-0.3, -0.25) is 9.59 Å². The lowest BCUT2D eigenvalue weighted by molar-refractivity contribution is -0.202. The molecule has 1 amide bonds. The van der Waals surface area contributed by atoms with E-state index in [9.17, 15) is 27.9 Å². The Morgan fingerprint density at radius 2 is 2.00 bits per heavy atom. The molecule has 24 heavy (non-hydrogen) atoms. The van der Waals surface area contributed by atoms with Crippen LogP contribution < -0.4 is 0 Å². The highest BCUT2D eigenvalue weighted by atomic mass is 19.4. The SMILES string of the molecule is CN1C(=O)CC[C@]2(C)C3=CCC(C(F)(F)F)C(C(=O)O)C3CC=C12. The lowest BCUT2D eigenvalue weighted by Gasteiger charge is -2.51. The van der Waals surface area contributed by atoms with Gasteiger partial charge in [0.1, 0.15) is 0 Å². The van der Waals surface area contributed by atoms with Gasteiger partial charge in [-0.05, 0) is 25.2 Å². The fourth-order valence-corrected chi connectivity index (χ4v) is 4.67. The van der Waals surface area contributed by atoms with Crippen LogP contribution in [0.15, 0.2) is 23.4 Å². The Bertz CT molecular complexity index is 652. The number of carbonyl (C=O) groups is 2. The summed E-state index contributed by atoms with van der Waals surface area (Å²) in [5.41, 5.74) is 0.985. The van der Waals surface area contributed by atoms with Crippen molar-refractivity contribution < 1.29 is 27.9 Å². The van der Waals surface area contributed by atoms with Crippen molar-refractivity contribution in [3.63, 3.8) is 0 Å². The smallest absolute Gasteiger partial charge is 0.392 e. The van der Waals surface area contributed by atoms with Crippen LogP contribution in [0.3, 0.4) is 0 Å². The number of piperidine rings is 1. The van der Waals surface area contributed by atoms with E-state index in [0.29, 0.717) is 12.8 Å². The third-order valence-corrected chi connectivity index (χ3v) is 5.91. The Labute approximate surface area is 138 Å². The van der Waals surface area contributed by atoms with Gasteiger partial charge in [0.25, 0.3) is 0 Å². The molecular weight excluding hydrogens is 323 g/mol. The van der Waals surface area contributed by atoms with Gasteiger partial charge in [-0.2, -0.15) is 13.2 Å². The highest BCUT2D eigenvalue weighted by Gasteiger charge is 2.56. The fourth-order valence-electron chi connectivity index (χ4n) is 4.67. The quantitative estimate of drug-likeness (QED) is 0.743. The van der Waals surface area contributed by atoms with Crippen molar-refractivity contribution in [3.8, 4) is 0 Å². The van der Waals surface area contributed by atoms with Crippen LogP contribution in [-0.2, 0) is 9.59 Å². The van der Waals surface area contributed by atoms with Crippen LogP contribution in [-0.4, -0.2) is 35.1 Å². The van der Waals surface area contributed by atoms with Crippen molar-refractivity contribution in [2.75, 3.05) is 7.05 Å². The van der Waals surface area contributed by atoms with Crippen molar-refractivity contribution in [1.29, 1.82) is 0 Å². The zero-order valence-corrected chi connectivity index (χ0v) is 13.6. The van der Waals surface area contributed by atoms with Crippen LogP contribution in [0, 0.1) is 23.2 Å². The molecule has 132 valence electrons. The Morgan fingerprint density at radius 3 is 2.58 bits per heavy atom. The maximum Gasteiger partial charge on any atom is 0.392 e. The minimum atomic E-state index is -4.53. The van der Waals surface area contributed by atoms with Gasteiger partial charge in [0.15, 0.2) is 0 Å². The normalized spacial score (nSPS) is 36.5. The van der Waals surface area contributed by atoms with Crippen LogP contribution in [0.1, 0.15) is 32.6 Å². The number of alkyl halides is 3. The third kappa shape index (κ3) is 2.36. The van der Waals surface area contributed by atoms with E-state index >= 15 is 0 Å². The first-order chi connectivity index (χ1) is 11.1. The van der Waals surface area contributed by atoms with Crippen LogP contribution in [0.4, 0.5) is 13.2 Å². The number of halogens is 3. The molecule has 7 heteroatoms. The highest BCUT2D eigenvalue weighted by Crippen LogP contribution is 2.57. The Balaban J connectivity index is 2.06. The number of nitrogens with zero attached hydrogens (tertiary/aromatic N) is 1. The number of amides is 1. The van der Waals surface area contributed by atoms with Crippen LogP contribution >= 0.6 is 0 Å². The van der Waals surface area contributed by atoms with Gasteiger partial charge < -0.3 is 10.0 Å². The molecule has 0 bridgehead atoms. The summed E-state index contributed by atoms with van der Waals surface area (Å²) in [7, 11) is 1.67. The molecule has 3 unspecified atom stereocenters. The topological polar surface area (TPSA) is 57.6 Å². The maximum absolute atomic E-state index is 13.3. The van der Waals surface area contributed by atoms with E-state index in [4.69, 9.17) is 0 Å². The third-order valence-electron chi connectivity index (χ3n) is 5.91. The van der Waals surface area contributed by atoms with Crippen molar-refractivity contribution >= 4 is 11.9 Å². The van der Waals surface area contributed by atoms with E-state index in [1.807, 2.05) is 6.92 Å². The van der Waals surface area contributed by atoms with Gasteiger partial charge in [0.2, 0.25) is 5.91 Å². The van der Waals surface area contributed by atoms with E-state index in [-0.39, 0.29) is 18.7 Å². The molecule has 1 aliphatic heterocycles. The number of fused-ring (bicyclic) bond motifs is 3. The number of carboxylic acid groups (broad SMARTS) is 1. The second kappa shape index (κ2) is 5.36. The first-order valence-electron chi connectivity index (χ1n) is 8.04. The summed E-state index contributed by atoms with van der Waals surface area (Å²) in [5, 5.41) is 9.47. The number of allylic oxidation sites excluding steroid dienone is 3. The summed E-state index contributed by atoms with van der Waals surface area (Å²) >= 11 is 0. The minimum absolute atomic E-state index is 0.0171. The largest absolute Gasteiger partial charge is 0.481 e. The van der Waals surface area contributed by atoms with Crippen molar-refractivity contribution in [2.45, 2.75) is 38.8 Å². The van der Waals surface area contributed by atoms with E-state index in [1.165, 1.54) is 0 Å². The molecule has 1 fully saturated rings. The summed E-state index contributed by atoms with van der Waals surface area (Å²) in [6.07, 6.45) is -0.463. The molecule has 3 rings (SSSR count). The molecule has 4 nitrogen and oxygen atoms in total. The number of hydrogen-bond acceptors (Lipinski definition) is 2. The number of likely N-dealkylation sites (tertiary alicyclic amines) is 1. The Kier molecular flexibility index (Phi) is 3.81. The molecule has 0 aromatic heterocycles. The summed E-state index contributed by atoms with van der Waals surface area (Å²) in [6, 6.07) is 0. The van der Waals surface area contributed by atoms with Gasteiger partial charge in [-0.25, -0.2) is 0 Å². The van der Waals surface area contributed by atoms with Gasteiger partial charge in [0.05, 0.1) is 11.8 Å². The van der Waals surface area contributed by atoms with Gasteiger partial charge in [-0.15, -0.1) is 0 Å². The molecule has 4 atom stereocenters. The fraction of sp³-hybridized carbons (Fsp3) is 0.647. The lowest BCUT2D eigenvalue weighted by atomic mass is 9.57. The monoisotopic (exact) mass is 343 g/mol. The molecular formula is C17H20F3NO3. The number of carboxylic acids is 1. The average Bonchev–Trinajstić information content (AvgIpc) is 2.49. The number of carbonyl (C=O) groups excluding carboxylic acids is 1. The standard InChI is InChI=1S/C17H20F3NO3/c1-16-8-7-13(22)21(2)12(16)6-3-9-10(16)4-5-11(17(18,19)20)14(9)15(23)24/h4,6,9,11,14H,3,5,7-8H2,1-2H3,(H,23,24)/t9?,11?,14?,16-/m1/s1. The van der Waals surface area contributed by atoms with Gasteiger partial charge >= 0.3 is 12.1 Å². The highest BCUT2D eigenvalue weighted by molar-refractivity contribution is 5.80. The molecule has 1 N–H and O–H groups in total. The molecule has 0 aromatic carbocycles. The molecule has 2 aliphatic carbocycles. The molecule has 0 radical (unpaired) electrons. The second-order valence-electron chi connectivity index (χ2n) is 7.12. The van der Waals surface area contributed by atoms with E-state index < -0.39 is 35.3 Å². The predicted octanol–water partition coefficient (Wildman–Crippen LogP) is 3.36. The summed E-state index contributed by atoms with van der Waals surface area (Å²) in [6.45, 7) is 1.91. The number of rotatable bonds is 1. The summed E-state index contributed by atoms with van der Waals surface area (Å²) < 4.78 is 39.9. The van der Waals surface area contributed by atoms with Crippen LogP contribution in [0.5, 0.6) is 0 Å². The minimum Gasteiger partial charge on any atom is -0.481 e. The molecule has 0 spiro atoms. The van der Waals surface area contributed by atoms with Crippen molar-refractivity contribution in [1.82, 2.24) is 4.90 Å². The van der Waals surface area contributed by atoms with Gasteiger partial charge in [-0.1, -0.05) is 24.6 Å². The van der Waals surface area contributed by atoms with E-state index in [0.717, 1.165) is 11.3 Å². The predicted molar refractivity (Wildman–Crippen MR) is 79.7 cm³/mol. The second-order valence-corrected chi connectivity index (χ2v) is 7.12. The lowest BCUT2D eigenvalue weighted by Crippen LogP contribution is -2.50. The van der Waals surface area contributed by atoms with Gasteiger partial charge in [0, 0.05) is 24.6 Å². The Hall–Kier alpha value is -1.79. The first kappa shape index (κ1) is 17.0. The maximum atomic E-state index is 13.3. The zero-order chi connectivity index (χ0) is 17.9. The first-order valence-corrected chi connectivity index (χ1v) is 8.04. The molecule has 0 aromatic rings.